The van der Waals surface area contributed by atoms with E-state index in [2.05, 4.69) is 17.3 Å². The molecule has 2 rings (SSSR count). The maximum Gasteiger partial charge on any atom is 0.422 e. The zero-order chi connectivity index (χ0) is 17.6. The summed E-state index contributed by atoms with van der Waals surface area (Å²) in [6, 6.07) is 4.88. The summed E-state index contributed by atoms with van der Waals surface area (Å²) in [6.45, 7) is 2.47. The number of ether oxygens (including phenoxy) is 3. The first kappa shape index (κ1) is 18.8. The summed E-state index contributed by atoms with van der Waals surface area (Å²) in [5, 5.41) is 3.29. The maximum absolute atomic E-state index is 12.2. The van der Waals surface area contributed by atoms with Gasteiger partial charge in [0, 0.05) is 26.2 Å². The van der Waals surface area contributed by atoms with Gasteiger partial charge in [-0.1, -0.05) is 6.07 Å². The fourth-order valence-electron chi connectivity index (χ4n) is 2.47. The summed E-state index contributed by atoms with van der Waals surface area (Å²) in [6.07, 6.45) is -4.24. The van der Waals surface area contributed by atoms with Crippen molar-refractivity contribution in [1.82, 2.24) is 10.2 Å². The molecule has 0 bridgehead atoms. The Bertz CT molecular complexity index is 526. The van der Waals surface area contributed by atoms with Crippen LogP contribution in [-0.4, -0.2) is 64.2 Å². The van der Waals surface area contributed by atoms with Gasteiger partial charge in [-0.25, -0.2) is 0 Å². The number of methoxy groups -OCH3 is 1. The first-order valence-electron chi connectivity index (χ1n) is 7.74. The summed E-state index contributed by atoms with van der Waals surface area (Å²) in [5.41, 5.74) is 0.898. The Hall–Kier alpha value is -1.51. The molecule has 1 fully saturated rings. The highest BCUT2D eigenvalue weighted by Crippen LogP contribution is 2.29. The molecule has 136 valence electrons. The standard InChI is InChI=1S/C16H23F3N2O3/c1-21-5-6-23-13(10-21)9-20-8-12-3-4-14(15(7-12)22-2)24-11-16(17,18)19/h3-4,7,13,20H,5-6,8-11H2,1-2H3/t13-/m0/s1. The van der Waals surface area contributed by atoms with Crippen molar-refractivity contribution in [2.75, 3.05) is 47.0 Å². The molecule has 24 heavy (non-hydrogen) atoms. The van der Waals surface area contributed by atoms with Crippen LogP contribution in [0, 0.1) is 0 Å². The lowest BCUT2D eigenvalue weighted by Gasteiger charge is -2.30. The highest BCUT2D eigenvalue weighted by molar-refractivity contribution is 5.43. The van der Waals surface area contributed by atoms with Crippen LogP contribution in [0.2, 0.25) is 0 Å². The summed E-state index contributed by atoms with van der Waals surface area (Å²) in [5.74, 6) is 0.364. The van der Waals surface area contributed by atoms with Gasteiger partial charge in [-0.3, -0.25) is 0 Å². The fourth-order valence-corrected chi connectivity index (χ4v) is 2.47. The van der Waals surface area contributed by atoms with E-state index in [-0.39, 0.29) is 17.6 Å². The highest BCUT2D eigenvalue weighted by Gasteiger charge is 2.29. The van der Waals surface area contributed by atoms with E-state index in [4.69, 9.17) is 14.2 Å². The Morgan fingerprint density at radius 2 is 2.12 bits per heavy atom. The van der Waals surface area contributed by atoms with Crippen molar-refractivity contribution >= 4 is 0 Å². The van der Waals surface area contributed by atoms with E-state index in [9.17, 15) is 13.2 Å². The summed E-state index contributed by atoms with van der Waals surface area (Å²) in [4.78, 5) is 2.21. The molecule has 0 aromatic heterocycles. The lowest BCUT2D eigenvalue weighted by Crippen LogP contribution is -2.44. The van der Waals surface area contributed by atoms with Crippen LogP contribution in [0.3, 0.4) is 0 Å². The molecule has 0 amide bonds. The Labute approximate surface area is 139 Å². The molecule has 1 aliphatic heterocycles. The first-order chi connectivity index (χ1) is 11.4. The van der Waals surface area contributed by atoms with Gasteiger partial charge in [0.2, 0.25) is 0 Å². The Kier molecular flexibility index (Phi) is 6.70. The van der Waals surface area contributed by atoms with Crippen molar-refractivity contribution in [2.24, 2.45) is 0 Å². The predicted molar refractivity (Wildman–Crippen MR) is 83.5 cm³/mol. The Morgan fingerprint density at radius 1 is 1.33 bits per heavy atom. The smallest absolute Gasteiger partial charge is 0.422 e. The zero-order valence-electron chi connectivity index (χ0n) is 13.9. The van der Waals surface area contributed by atoms with Crippen LogP contribution in [0.4, 0.5) is 13.2 Å². The molecule has 0 spiro atoms. The van der Waals surface area contributed by atoms with Gasteiger partial charge in [-0.2, -0.15) is 13.2 Å². The number of alkyl halides is 3. The van der Waals surface area contributed by atoms with Gasteiger partial charge in [0.1, 0.15) is 0 Å². The molecule has 1 aromatic rings. The van der Waals surface area contributed by atoms with Crippen molar-refractivity contribution in [3.8, 4) is 11.5 Å². The molecule has 0 radical (unpaired) electrons. The average molecular weight is 348 g/mol. The number of hydrogen-bond donors (Lipinski definition) is 1. The minimum absolute atomic E-state index is 0.0795. The van der Waals surface area contributed by atoms with Crippen molar-refractivity contribution in [2.45, 2.75) is 18.8 Å². The SMILES string of the molecule is COc1cc(CNC[C@H]2CN(C)CCO2)ccc1OCC(F)(F)F. The molecule has 1 aromatic carbocycles. The number of nitrogens with zero attached hydrogens (tertiary/aromatic N) is 1. The van der Waals surface area contributed by atoms with Gasteiger partial charge in [0.05, 0.1) is 19.8 Å². The normalized spacial score (nSPS) is 19.3. The fraction of sp³-hybridized carbons (Fsp3) is 0.625. The second-order valence-corrected chi connectivity index (χ2v) is 5.78. The molecule has 1 N–H and O–H groups in total. The molecule has 8 heteroatoms. The molecule has 0 unspecified atom stereocenters. The molecular weight excluding hydrogens is 325 g/mol. The van der Waals surface area contributed by atoms with E-state index in [0.29, 0.717) is 13.1 Å². The monoisotopic (exact) mass is 348 g/mol. The summed E-state index contributed by atoms with van der Waals surface area (Å²) < 4.78 is 52.2. The molecule has 5 nitrogen and oxygen atoms in total. The third kappa shape index (κ3) is 6.18. The van der Waals surface area contributed by atoms with Crippen molar-refractivity contribution in [3.63, 3.8) is 0 Å². The van der Waals surface area contributed by atoms with Crippen LogP contribution in [0.1, 0.15) is 5.56 Å². The molecule has 1 atom stereocenters. The topological polar surface area (TPSA) is 43.0 Å². The number of rotatable bonds is 7. The van der Waals surface area contributed by atoms with Crippen LogP contribution < -0.4 is 14.8 Å². The lowest BCUT2D eigenvalue weighted by molar-refractivity contribution is -0.153. The summed E-state index contributed by atoms with van der Waals surface area (Å²) in [7, 11) is 3.46. The highest BCUT2D eigenvalue weighted by atomic mass is 19.4. The minimum Gasteiger partial charge on any atom is -0.493 e. The number of benzene rings is 1. The van der Waals surface area contributed by atoms with E-state index < -0.39 is 12.8 Å². The van der Waals surface area contributed by atoms with Gasteiger partial charge >= 0.3 is 6.18 Å². The van der Waals surface area contributed by atoms with Crippen LogP contribution >= 0.6 is 0 Å². The average Bonchev–Trinajstić information content (AvgIpc) is 2.52. The van der Waals surface area contributed by atoms with E-state index in [1.54, 1.807) is 12.1 Å². The third-order valence-electron chi connectivity index (χ3n) is 3.66. The summed E-state index contributed by atoms with van der Waals surface area (Å²) >= 11 is 0. The Balaban J connectivity index is 1.84. The molecule has 1 saturated heterocycles. The van der Waals surface area contributed by atoms with Crippen LogP contribution in [0.15, 0.2) is 18.2 Å². The van der Waals surface area contributed by atoms with Crippen LogP contribution in [-0.2, 0) is 11.3 Å². The molecule has 1 heterocycles. The lowest BCUT2D eigenvalue weighted by atomic mass is 10.2. The van der Waals surface area contributed by atoms with Crippen molar-refractivity contribution in [3.05, 3.63) is 23.8 Å². The van der Waals surface area contributed by atoms with Gasteiger partial charge in [-0.05, 0) is 24.7 Å². The zero-order valence-corrected chi connectivity index (χ0v) is 13.9. The van der Waals surface area contributed by atoms with Crippen molar-refractivity contribution in [1.29, 1.82) is 0 Å². The number of hydrogen-bond acceptors (Lipinski definition) is 5. The first-order valence-corrected chi connectivity index (χ1v) is 7.74. The molecule has 0 saturated carbocycles. The number of morpholine rings is 1. The minimum atomic E-state index is -4.38. The van der Waals surface area contributed by atoms with Gasteiger partial charge in [0.15, 0.2) is 18.1 Å². The molecule has 1 aliphatic rings. The molecule has 0 aliphatic carbocycles. The van der Waals surface area contributed by atoms with Gasteiger partial charge in [-0.15, -0.1) is 0 Å². The third-order valence-corrected chi connectivity index (χ3v) is 3.66. The number of halogens is 3. The second kappa shape index (κ2) is 8.55. The van der Waals surface area contributed by atoms with Crippen molar-refractivity contribution < 1.29 is 27.4 Å². The van der Waals surface area contributed by atoms with Gasteiger partial charge < -0.3 is 24.4 Å². The van der Waals surface area contributed by atoms with E-state index in [1.165, 1.54) is 13.2 Å². The number of likely N-dealkylation sites (N-methyl/N-ethyl adjacent to an activating group) is 1. The predicted octanol–water partition coefficient (Wildman–Crippen LogP) is 2.06. The van der Waals surface area contributed by atoms with Gasteiger partial charge in [0.25, 0.3) is 0 Å². The van der Waals surface area contributed by atoms with E-state index in [0.717, 1.165) is 25.3 Å². The maximum atomic E-state index is 12.2. The second-order valence-electron chi connectivity index (χ2n) is 5.78. The molecular formula is C16H23F3N2O3. The van der Waals surface area contributed by atoms with Crippen LogP contribution in [0.5, 0.6) is 11.5 Å². The largest absolute Gasteiger partial charge is 0.493 e. The Morgan fingerprint density at radius 3 is 2.79 bits per heavy atom. The van der Waals surface area contributed by atoms with E-state index >= 15 is 0 Å². The van der Waals surface area contributed by atoms with Crippen LogP contribution in [0.25, 0.3) is 0 Å². The number of nitrogens with one attached hydrogen (secondary N) is 1. The quantitative estimate of drug-likeness (QED) is 0.817. The van der Waals surface area contributed by atoms with E-state index in [1.807, 2.05) is 0 Å².